The highest BCUT2D eigenvalue weighted by molar-refractivity contribution is 5.73. The number of rotatable bonds is 35. The minimum absolute atomic E-state index is 0.140. The summed E-state index contributed by atoms with van der Waals surface area (Å²) in [5, 5.41) is 10.4. The van der Waals surface area contributed by atoms with Crippen LogP contribution in [0.5, 0.6) is 40.2 Å². The van der Waals surface area contributed by atoms with Crippen LogP contribution < -0.4 is 28.4 Å². The molecule has 0 aliphatic heterocycles. The van der Waals surface area contributed by atoms with E-state index >= 15 is 0 Å². The molecule has 0 fully saturated rings. The van der Waals surface area contributed by atoms with Gasteiger partial charge in [-0.25, -0.2) is 0 Å². The van der Waals surface area contributed by atoms with Crippen molar-refractivity contribution in [2.45, 2.75) is 204 Å². The molecule has 7 aromatic carbocycles. The van der Waals surface area contributed by atoms with Crippen LogP contribution in [0, 0.1) is 0 Å². The summed E-state index contributed by atoms with van der Waals surface area (Å²) in [6.45, 7) is 29.3. The molecule has 524 valence electrons. The van der Waals surface area contributed by atoms with Crippen molar-refractivity contribution in [3.8, 4) is 40.2 Å². The zero-order valence-electron chi connectivity index (χ0n) is 60.7. The number of para-hydroxylation sites is 1. The Balaban J connectivity index is 0.000000265. The molecule has 0 bridgehead atoms. The Morgan fingerprint density at radius 2 is 0.792 bits per heavy atom. The quantitative estimate of drug-likeness (QED) is 0.0295. The lowest BCUT2D eigenvalue weighted by atomic mass is 9.99. The summed E-state index contributed by atoms with van der Waals surface area (Å²) in [4.78, 5) is 12.7. The molecule has 0 spiro atoms. The van der Waals surface area contributed by atoms with E-state index in [4.69, 9.17) is 61.6 Å². The molecule has 0 aromatic heterocycles. The summed E-state index contributed by atoms with van der Waals surface area (Å²) in [6, 6.07) is 44.5. The van der Waals surface area contributed by atoms with E-state index in [9.17, 15) is 9.90 Å². The van der Waals surface area contributed by atoms with E-state index in [-0.39, 0.29) is 35.9 Å². The summed E-state index contributed by atoms with van der Waals surface area (Å²) in [5.41, 5.74) is 12.2. The van der Waals surface area contributed by atoms with Gasteiger partial charge in [-0.15, -0.1) is 0 Å². The number of benzene rings is 7. The van der Waals surface area contributed by atoms with Crippen molar-refractivity contribution in [3.63, 3.8) is 0 Å². The molecule has 0 heterocycles. The predicted octanol–water partition coefficient (Wildman–Crippen LogP) is 18.8. The van der Waals surface area contributed by atoms with Crippen molar-refractivity contribution in [2.75, 3.05) is 49.3 Å². The van der Waals surface area contributed by atoms with Gasteiger partial charge >= 0.3 is 5.97 Å². The molecule has 15 nitrogen and oxygen atoms in total. The summed E-state index contributed by atoms with van der Waals surface area (Å²) >= 11 is 0. The molecule has 0 saturated heterocycles. The second-order valence-electron chi connectivity index (χ2n) is 26.1. The van der Waals surface area contributed by atoms with E-state index in [1.165, 1.54) is 16.7 Å². The van der Waals surface area contributed by atoms with Crippen LogP contribution in [-0.2, 0) is 104 Å². The third-order valence-corrected chi connectivity index (χ3v) is 16.2. The minimum atomic E-state index is -0.351. The lowest BCUT2D eigenvalue weighted by molar-refractivity contribution is -0.135. The SMILES string of the molecule is CCC(C)c1ccc(OCCC(=O)Oc2c(COC(C)(C)C)cccc2COC(C)(C)C)cc1.CCC(C)c1ccc(OCc2cc(COC)cc(COC)c2O)cc1.CCC(C)c1ccc(OCc2ccc(COc3c(COC)cc(COC)c(OC)c3COC)cc2)cc1. The molecule has 0 saturated carbocycles. The molecule has 0 radical (unpaired) electrons. The van der Waals surface area contributed by atoms with E-state index < -0.39 is 0 Å². The molecule has 0 aliphatic rings. The van der Waals surface area contributed by atoms with Crippen molar-refractivity contribution < 1.29 is 71.5 Å². The number of esters is 1. The van der Waals surface area contributed by atoms with Crippen LogP contribution in [0.4, 0.5) is 0 Å². The molecule has 1 N–H and O–H groups in total. The van der Waals surface area contributed by atoms with Crippen LogP contribution in [0.2, 0.25) is 0 Å². The van der Waals surface area contributed by atoms with Crippen molar-refractivity contribution >= 4 is 5.97 Å². The van der Waals surface area contributed by atoms with Crippen molar-refractivity contribution in [1.29, 1.82) is 0 Å². The predicted molar refractivity (Wildman–Crippen MR) is 381 cm³/mol. The number of aromatic hydroxyl groups is 1. The Bertz CT molecular complexity index is 3330. The number of hydrogen-bond donors (Lipinski definition) is 1. The molecule has 96 heavy (non-hydrogen) atoms. The average molecular weight is 1320 g/mol. The Kier molecular flexibility index (Phi) is 33.8. The summed E-state index contributed by atoms with van der Waals surface area (Å²) in [6.07, 6.45) is 3.48. The standard InChI is InChI=1S/C31H40O6.C29H42O5.C21H28O4/c1-7-22(2)25-12-14-28(15-13-25)36-17-23-8-10-24(11-9-23)18-37-31-27(20-33-4)16-26(19-32-3)30(35-6)29(31)21-34-5;1-9-21(2)22-13-15-25(16-14-22)31-18-17-26(30)34-27-23(19-32-28(3,4)5)11-10-12-24(27)20-33-29(6,7)8;1-5-15(2)17-6-8-20(9-7-17)25-14-19-11-16(12-23-3)10-18(13-24-4)21(19)22/h8-16,22H,7,17-21H2,1-6H3;10-16,21H,9,17-20H2,1-8H3;6-11,15,22H,5,12-14H2,1-4H3. The van der Waals surface area contributed by atoms with Gasteiger partial charge < -0.3 is 66.7 Å². The second-order valence-corrected chi connectivity index (χ2v) is 26.1. The number of phenolic OH excluding ortho intramolecular Hbond substituents is 1. The van der Waals surface area contributed by atoms with E-state index in [1.807, 2.05) is 114 Å². The van der Waals surface area contributed by atoms with Crippen molar-refractivity contribution in [1.82, 2.24) is 0 Å². The highest BCUT2D eigenvalue weighted by Gasteiger charge is 2.23. The average Bonchev–Trinajstić information content (AvgIpc) is 0.803. The zero-order valence-corrected chi connectivity index (χ0v) is 60.7. The number of methoxy groups -OCH3 is 6. The first-order valence-corrected chi connectivity index (χ1v) is 33.5. The lowest BCUT2D eigenvalue weighted by Crippen LogP contribution is -2.21. The second kappa shape index (κ2) is 40.9. The third kappa shape index (κ3) is 26.5. The molecule has 7 aromatic rings. The highest BCUT2D eigenvalue weighted by Crippen LogP contribution is 2.39. The molecule has 3 unspecified atom stereocenters. The van der Waals surface area contributed by atoms with Crippen LogP contribution >= 0.6 is 0 Å². The highest BCUT2D eigenvalue weighted by atomic mass is 16.5. The van der Waals surface area contributed by atoms with Gasteiger partial charge in [0.2, 0.25) is 0 Å². The van der Waals surface area contributed by atoms with E-state index in [1.54, 1.807) is 42.7 Å². The summed E-state index contributed by atoms with van der Waals surface area (Å²) in [7, 11) is 9.89. The minimum Gasteiger partial charge on any atom is -0.507 e. The molecule has 0 aliphatic carbocycles. The largest absolute Gasteiger partial charge is 0.507 e. The van der Waals surface area contributed by atoms with Crippen LogP contribution in [-0.4, -0.2) is 71.5 Å². The normalized spacial score (nSPS) is 12.3. The van der Waals surface area contributed by atoms with Crippen LogP contribution in [0.15, 0.2) is 133 Å². The summed E-state index contributed by atoms with van der Waals surface area (Å²) in [5.74, 6) is 5.84. The van der Waals surface area contributed by atoms with Crippen molar-refractivity contribution in [2.24, 2.45) is 0 Å². The fourth-order valence-electron chi connectivity index (χ4n) is 10.1. The molecule has 7 rings (SSSR count). The Morgan fingerprint density at radius 3 is 1.21 bits per heavy atom. The summed E-state index contributed by atoms with van der Waals surface area (Å²) < 4.78 is 74.1. The van der Waals surface area contributed by atoms with Crippen LogP contribution in [0.3, 0.4) is 0 Å². The Labute approximate surface area is 573 Å². The van der Waals surface area contributed by atoms with Crippen LogP contribution in [0.25, 0.3) is 0 Å². The lowest BCUT2D eigenvalue weighted by Gasteiger charge is -2.23. The van der Waals surface area contributed by atoms with E-state index in [2.05, 4.69) is 102 Å². The van der Waals surface area contributed by atoms with Gasteiger partial charge in [-0.1, -0.05) is 120 Å². The Morgan fingerprint density at radius 1 is 0.396 bits per heavy atom. The molecule has 15 heteroatoms. The van der Waals surface area contributed by atoms with Gasteiger partial charge in [0.15, 0.2) is 0 Å². The molecule has 3 atom stereocenters. The van der Waals surface area contributed by atoms with Gasteiger partial charge in [-0.2, -0.15) is 0 Å². The number of carbonyl (C=O) groups is 1. The van der Waals surface area contributed by atoms with Gasteiger partial charge in [0.1, 0.15) is 60.1 Å². The first-order chi connectivity index (χ1) is 46.0. The number of ether oxygens (including phenoxy) is 13. The zero-order chi connectivity index (χ0) is 70.2. The maximum atomic E-state index is 12.7. The van der Waals surface area contributed by atoms with Gasteiger partial charge in [0.05, 0.1) is 83.2 Å². The first kappa shape index (κ1) is 79.2. The Hall–Kier alpha value is -7.47. The number of hydrogen-bond acceptors (Lipinski definition) is 15. The fraction of sp³-hybridized carbons (Fsp3) is 0.469. The first-order valence-electron chi connectivity index (χ1n) is 33.5. The molecular formula is C81H110O15. The maximum Gasteiger partial charge on any atom is 0.314 e. The monoisotopic (exact) mass is 1320 g/mol. The van der Waals surface area contributed by atoms with Gasteiger partial charge in [0.25, 0.3) is 0 Å². The van der Waals surface area contributed by atoms with Gasteiger partial charge in [0, 0.05) is 68.9 Å². The van der Waals surface area contributed by atoms with Crippen LogP contribution in [0.1, 0.15) is 199 Å². The van der Waals surface area contributed by atoms with Gasteiger partial charge in [-0.05, 0) is 167 Å². The smallest absolute Gasteiger partial charge is 0.314 e. The molecular weight excluding hydrogens is 1210 g/mol. The molecule has 0 amide bonds. The topological polar surface area (TPSA) is 157 Å². The maximum absolute atomic E-state index is 12.7. The third-order valence-electron chi connectivity index (χ3n) is 16.2. The number of carbonyl (C=O) groups excluding carboxylic acids is 1. The van der Waals surface area contributed by atoms with Gasteiger partial charge in [-0.3, -0.25) is 4.79 Å². The fourth-order valence-corrected chi connectivity index (χ4v) is 10.1. The number of phenols is 1. The van der Waals surface area contributed by atoms with Crippen molar-refractivity contribution in [3.05, 3.63) is 206 Å². The van der Waals surface area contributed by atoms with E-state index in [0.717, 1.165) is 92.1 Å². The van der Waals surface area contributed by atoms with E-state index in [0.29, 0.717) is 101 Å².